The molecule has 0 saturated carbocycles. The highest BCUT2D eigenvalue weighted by molar-refractivity contribution is 4.77. The number of aliphatic hydroxyl groups excluding tert-OH is 5. The topological polar surface area (TPSA) is 117 Å². The first-order valence-corrected chi connectivity index (χ1v) is 49.2. The van der Waals surface area contributed by atoms with Crippen molar-refractivity contribution in [1.82, 2.24) is 24.5 Å². The molecule has 1 heterocycles. The Kier molecular flexibility index (Phi) is 82.1. The summed E-state index contributed by atoms with van der Waals surface area (Å²) in [5, 5.41) is 56.3. The Labute approximate surface area is 665 Å². The fraction of sp³-hybridized carbons (Fsp3) is 1.00. The van der Waals surface area contributed by atoms with Crippen LogP contribution in [0, 0.1) is 0 Å². The lowest BCUT2D eigenvalue weighted by atomic mass is 10.0. The molecule has 1 saturated heterocycles. The number of unbranched alkanes of at least 4 members (excludes halogenated alkanes) is 59. The van der Waals surface area contributed by atoms with E-state index in [2.05, 4.69) is 59.1 Å². The lowest BCUT2D eigenvalue weighted by molar-refractivity contribution is 0.0591. The molecule has 5 N–H and O–H groups in total. The molecular formula is C96H197N5O5. The Bertz CT molecular complexity index is 1580. The van der Waals surface area contributed by atoms with Crippen LogP contribution in [0.25, 0.3) is 0 Å². The van der Waals surface area contributed by atoms with E-state index in [9.17, 15) is 25.5 Å². The van der Waals surface area contributed by atoms with Crippen LogP contribution in [0.5, 0.6) is 0 Å². The number of hydrogen-bond donors (Lipinski definition) is 5. The molecule has 0 aliphatic carbocycles. The van der Waals surface area contributed by atoms with Crippen LogP contribution < -0.4 is 0 Å². The van der Waals surface area contributed by atoms with Crippen molar-refractivity contribution < 1.29 is 25.5 Å². The van der Waals surface area contributed by atoms with E-state index in [-0.39, 0.29) is 30.5 Å². The maximum atomic E-state index is 11.4. The van der Waals surface area contributed by atoms with Crippen LogP contribution in [0.3, 0.4) is 0 Å². The molecule has 0 aromatic carbocycles. The van der Waals surface area contributed by atoms with Gasteiger partial charge in [0.05, 0.1) is 30.5 Å². The molecule has 106 heavy (non-hydrogen) atoms. The Morgan fingerprint density at radius 1 is 0.179 bits per heavy atom. The van der Waals surface area contributed by atoms with Crippen molar-refractivity contribution in [3.63, 3.8) is 0 Å². The molecule has 10 heteroatoms. The van der Waals surface area contributed by atoms with Gasteiger partial charge in [0.1, 0.15) is 0 Å². The average Bonchev–Trinajstić information content (AvgIpc) is 0.891. The van der Waals surface area contributed by atoms with E-state index in [1.54, 1.807) is 0 Å². The first-order valence-electron chi connectivity index (χ1n) is 49.2. The molecule has 5 unspecified atom stereocenters. The molecule has 636 valence electrons. The largest absolute Gasteiger partial charge is 0.392 e. The molecule has 0 aromatic heterocycles. The highest BCUT2D eigenvalue weighted by Crippen LogP contribution is 2.22. The van der Waals surface area contributed by atoms with Crippen molar-refractivity contribution in [2.75, 3.05) is 98.2 Å². The number of nitrogens with zero attached hydrogens (tertiary/aromatic N) is 5. The summed E-state index contributed by atoms with van der Waals surface area (Å²) in [4.78, 5) is 12.9. The zero-order chi connectivity index (χ0) is 76.6. The monoisotopic (exact) mass is 1500 g/mol. The minimum absolute atomic E-state index is 0.220. The van der Waals surface area contributed by atoms with E-state index < -0.39 is 0 Å². The molecule has 1 aliphatic heterocycles. The van der Waals surface area contributed by atoms with Gasteiger partial charge in [-0.3, -0.25) is 19.6 Å². The SMILES string of the molecule is CCCCCCCCCCCCC(O)CN(CCCCCCCCCCN(CC(O)CCCCCCCCCCCC)CC(O)CCCCCCCCCCCC)CCN1CCN(CCCCCCCCCCN(CC(O)CCCCCCCCCCCC)CC(O)CCCCCCCCCCCC)CC1. The molecule has 0 spiro atoms. The van der Waals surface area contributed by atoms with Crippen LogP contribution in [0.4, 0.5) is 0 Å². The van der Waals surface area contributed by atoms with Gasteiger partial charge in [0, 0.05) is 72.0 Å². The zero-order valence-corrected chi connectivity index (χ0v) is 73.2. The van der Waals surface area contributed by atoms with E-state index >= 15 is 0 Å². The van der Waals surface area contributed by atoms with Crippen LogP contribution in [-0.4, -0.2) is 179 Å². The van der Waals surface area contributed by atoms with Gasteiger partial charge in [-0.15, -0.1) is 0 Å². The molecule has 0 aromatic rings. The average molecular weight is 1500 g/mol. The third-order valence-electron chi connectivity index (χ3n) is 24.4. The Morgan fingerprint density at radius 2 is 0.340 bits per heavy atom. The molecule has 0 radical (unpaired) electrons. The second-order valence-electron chi connectivity index (χ2n) is 35.3. The predicted octanol–water partition coefficient (Wildman–Crippen LogP) is 26.1. The molecule has 1 fully saturated rings. The van der Waals surface area contributed by atoms with E-state index in [0.29, 0.717) is 13.1 Å². The number of hydrogen-bond acceptors (Lipinski definition) is 10. The molecule has 1 aliphatic rings. The van der Waals surface area contributed by atoms with Gasteiger partial charge in [0.25, 0.3) is 0 Å². The molecular weight excluding hydrogens is 1300 g/mol. The van der Waals surface area contributed by atoms with Gasteiger partial charge in [0.2, 0.25) is 0 Å². The minimum Gasteiger partial charge on any atom is -0.392 e. The first kappa shape index (κ1) is 104. The van der Waals surface area contributed by atoms with Crippen molar-refractivity contribution >= 4 is 0 Å². The van der Waals surface area contributed by atoms with E-state index in [0.717, 1.165) is 123 Å². The van der Waals surface area contributed by atoms with Gasteiger partial charge in [-0.25, -0.2) is 0 Å². The van der Waals surface area contributed by atoms with Gasteiger partial charge in [0.15, 0.2) is 0 Å². The van der Waals surface area contributed by atoms with Crippen LogP contribution in [0.1, 0.15) is 490 Å². The normalized spacial score (nSPS) is 14.8. The first-order chi connectivity index (χ1) is 52.1. The standard InChI is InChI=1S/C96H197N5O5/c1-6-11-16-21-26-31-36-45-54-63-72-92(102)87-99(78-69-60-51-42-44-53-62-71-80-101(90-95(105)75-66-57-48-39-34-29-24-19-14-9-4)91-96(106)76-67-58-49-40-35-30-25-20-15-10-5)86-85-98-83-81-97(82-84-98)77-68-59-50-41-43-52-61-70-79-100(88-93(103)73-64-55-46-37-32-27-22-17-12-7-2)89-94(104)74-65-56-47-38-33-28-23-18-13-8-3/h92-96,102-106H,6-91H2,1-5H3. The molecule has 0 amide bonds. The summed E-state index contributed by atoms with van der Waals surface area (Å²) in [7, 11) is 0. The summed E-state index contributed by atoms with van der Waals surface area (Å²) in [5.41, 5.74) is 0. The summed E-state index contributed by atoms with van der Waals surface area (Å²) in [5.74, 6) is 0. The highest BCUT2D eigenvalue weighted by atomic mass is 16.3. The second-order valence-corrected chi connectivity index (χ2v) is 35.3. The predicted molar refractivity (Wildman–Crippen MR) is 468 cm³/mol. The fourth-order valence-electron chi connectivity index (χ4n) is 17.1. The molecule has 5 atom stereocenters. The minimum atomic E-state index is -0.292. The van der Waals surface area contributed by atoms with E-state index in [1.807, 2.05) is 0 Å². The summed E-state index contributed by atoms with van der Waals surface area (Å²) in [6.45, 7) is 26.4. The summed E-state index contributed by atoms with van der Waals surface area (Å²) in [6, 6.07) is 0. The lowest BCUT2D eigenvalue weighted by Gasteiger charge is -2.36. The van der Waals surface area contributed by atoms with Crippen molar-refractivity contribution in [1.29, 1.82) is 0 Å². The zero-order valence-electron chi connectivity index (χ0n) is 73.2. The van der Waals surface area contributed by atoms with Crippen molar-refractivity contribution in [2.24, 2.45) is 0 Å². The van der Waals surface area contributed by atoms with Gasteiger partial charge in [-0.2, -0.15) is 0 Å². The summed E-state index contributed by atoms with van der Waals surface area (Å²) in [6.07, 6.45) is 90.1. The summed E-state index contributed by atoms with van der Waals surface area (Å²) >= 11 is 0. The van der Waals surface area contributed by atoms with E-state index in [4.69, 9.17) is 0 Å². The van der Waals surface area contributed by atoms with Crippen LogP contribution in [0.15, 0.2) is 0 Å². The second kappa shape index (κ2) is 84.0. The lowest BCUT2D eigenvalue weighted by Crippen LogP contribution is -2.49. The fourth-order valence-corrected chi connectivity index (χ4v) is 17.1. The van der Waals surface area contributed by atoms with Gasteiger partial charge < -0.3 is 30.4 Å². The quantitative estimate of drug-likeness (QED) is 0.0377. The maximum absolute atomic E-state index is 11.4. The number of aliphatic hydroxyl groups is 5. The Balaban J connectivity index is 2.56. The third-order valence-corrected chi connectivity index (χ3v) is 24.4. The highest BCUT2D eigenvalue weighted by Gasteiger charge is 2.21. The third kappa shape index (κ3) is 75.0. The molecule has 10 nitrogen and oxygen atoms in total. The van der Waals surface area contributed by atoms with Crippen LogP contribution in [0.2, 0.25) is 0 Å². The Morgan fingerprint density at radius 3 is 0.557 bits per heavy atom. The van der Waals surface area contributed by atoms with Gasteiger partial charge in [-0.1, -0.05) is 433 Å². The Hall–Kier alpha value is -0.400. The van der Waals surface area contributed by atoms with Crippen LogP contribution in [-0.2, 0) is 0 Å². The maximum Gasteiger partial charge on any atom is 0.0667 e. The van der Waals surface area contributed by atoms with Gasteiger partial charge >= 0.3 is 0 Å². The smallest absolute Gasteiger partial charge is 0.0667 e. The van der Waals surface area contributed by atoms with Crippen LogP contribution >= 0.6 is 0 Å². The summed E-state index contributed by atoms with van der Waals surface area (Å²) < 4.78 is 0. The number of rotatable bonds is 90. The van der Waals surface area contributed by atoms with Gasteiger partial charge in [-0.05, 0) is 84.0 Å². The van der Waals surface area contributed by atoms with E-state index in [1.165, 1.54) is 418 Å². The molecule has 1 rings (SSSR count). The van der Waals surface area contributed by atoms with Crippen molar-refractivity contribution in [3.05, 3.63) is 0 Å². The molecule has 0 bridgehead atoms. The van der Waals surface area contributed by atoms with Crippen molar-refractivity contribution in [3.8, 4) is 0 Å². The number of piperazine rings is 1. The van der Waals surface area contributed by atoms with Crippen molar-refractivity contribution in [2.45, 2.75) is 521 Å².